The molecule has 5 nitrogen and oxygen atoms in total. The first-order chi connectivity index (χ1) is 10.7. The first-order valence-corrected chi connectivity index (χ1v) is 6.89. The Labute approximate surface area is 128 Å². The van der Waals surface area contributed by atoms with Crippen LogP contribution in [0.2, 0.25) is 0 Å². The Balaban J connectivity index is 2.11. The van der Waals surface area contributed by atoms with E-state index in [2.05, 4.69) is 10.2 Å². The van der Waals surface area contributed by atoms with Gasteiger partial charge in [0.25, 0.3) is 5.91 Å². The molecule has 0 heterocycles. The number of nitrogens with zero attached hydrogens (tertiary/aromatic N) is 2. The largest absolute Gasteiger partial charge is 0.510 e. The fourth-order valence-electron chi connectivity index (χ4n) is 1.88. The van der Waals surface area contributed by atoms with E-state index in [4.69, 9.17) is 5.73 Å². The summed E-state index contributed by atoms with van der Waals surface area (Å²) in [6.07, 6.45) is 0.862. The van der Waals surface area contributed by atoms with Crippen LogP contribution in [0.1, 0.15) is 12.0 Å². The Morgan fingerprint density at radius 3 is 2.18 bits per heavy atom. The molecule has 0 saturated heterocycles. The van der Waals surface area contributed by atoms with Gasteiger partial charge in [0.1, 0.15) is 5.76 Å². The van der Waals surface area contributed by atoms with Crippen LogP contribution in [0.5, 0.6) is 0 Å². The van der Waals surface area contributed by atoms with Gasteiger partial charge >= 0.3 is 0 Å². The van der Waals surface area contributed by atoms with Crippen LogP contribution in [0.3, 0.4) is 0 Å². The average molecular weight is 295 g/mol. The summed E-state index contributed by atoms with van der Waals surface area (Å²) in [5.74, 6) is -0.957. The monoisotopic (exact) mass is 295 g/mol. The molecule has 0 bridgehead atoms. The van der Waals surface area contributed by atoms with E-state index in [0.717, 1.165) is 5.56 Å². The highest BCUT2D eigenvalue weighted by Crippen LogP contribution is 2.16. The minimum absolute atomic E-state index is 0.156. The van der Waals surface area contributed by atoms with Gasteiger partial charge in [-0.25, -0.2) is 0 Å². The predicted octanol–water partition coefficient (Wildman–Crippen LogP) is 3.66. The van der Waals surface area contributed by atoms with E-state index in [1.54, 1.807) is 24.3 Å². The van der Waals surface area contributed by atoms with E-state index in [9.17, 15) is 9.90 Å². The molecule has 0 radical (unpaired) electrons. The number of benzene rings is 2. The quantitative estimate of drug-likeness (QED) is 0.484. The summed E-state index contributed by atoms with van der Waals surface area (Å²) < 4.78 is 0. The third-order valence-corrected chi connectivity index (χ3v) is 3.02. The van der Waals surface area contributed by atoms with Gasteiger partial charge in [0, 0.05) is 6.42 Å². The molecule has 0 spiro atoms. The topological polar surface area (TPSA) is 88.0 Å². The summed E-state index contributed by atoms with van der Waals surface area (Å²) in [5, 5.41) is 17.7. The van der Waals surface area contributed by atoms with Crippen LogP contribution < -0.4 is 5.73 Å². The number of allylic oxidation sites excluding steroid dienone is 1. The molecule has 1 amide bonds. The van der Waals surface area contributed by atoms with Crippen molar-refractivity contribution < 1.29 is 9.90 Å². The number of carbonyl (C=O) groups excluding carboxylic acids is 1. The van der Waals surface area contributed by atoms with Crippen LogP contribution >= 0.6 is 0 Å². The lowest BCUT2D eigenvalue weighted by atomic mass is 10.1. The first-order valence-electron chi connectivity index (χ1n) is 6.89. The molecule has 0 unspecified atom stereocenters. The Bertz CT molecular complexity index is 680. The molecule has 0 aliphatic rings. The van der Waals surface area contributed by atoms with Gasteiger partial charge in [-0.3, -0.25) is 4.79 Å². The number of nitrogens with two attached hydrogens (primary N) is 1. The minimum Gasteiger partial charge on any atom is -0.510 e. The van der Waals surface area contributed by atoms with Crippen molar-refractivity contribution in [2.24, 2.45) is 16.0 Å². The van der Waals surface area contributed by atoms with Crippen molar-refractivity contribution in [1.29, 1.82) is 0 Å². The number of aliphatic hydroxyl groups is 1. The van der Waals surface area contributed by atoms with E-state index < -0.39 is 5.91 Å². The number of azo groups is 1. The van der Waals surface area contributed by atoms with E-state index in [1.807, 2.05) is 36.4 Å². The SMILES string of the molecule is NC(=O)C(N=Nc1ccccc1)=C(O)CCc1ccccc1. The molecule has 0 aliphatic carbocycles. The summed E-state index contributed by atoms with van der Waals surface area (Å²) in [6, 6.07) is 18.6. The standard InChI is InChI=1S/C17H17N3O2/c18-17(22)16(20-19-14-9-5-2-6-10-14)15(21)12-11-13-7-3-1-4-8-13/h1-10,21H,11-12H2,(H2,18,22). The summed E-state index contributed by atoms with van der Waals surface area (Å²) in [5.41, 5.74) is 6.69. The molecular formula is C17H17N3O2. The van der Waals surface area contributed by atoms with Gasteiger partial charge in [-0.15, -0.1) is 5.11 Å². The molecule has 0 aliphatic heterocycles. The Hall–Kier alpha value is -2.95. The Morgan fingerprint density at radius 2 is 1.59 bits per heavy atom. The number of carbonyl (C=O) groups is 1. The van der Waals surface area contributed by atoms with Gasteiger partial charge in [-0.1, -0.05) is 48.5 Å². The highest BCUT2D eigenvalue weighted by molar-refractivity contribution is 5.91. The maximum absolute atomic E-state index is 11.4. The third kappa shape index (κ3) is 4.56. The zero-order valence-corrected chi connectivity index (χ0v) is 12.0. The van der Waals surface area contributed by atoms with Gasteiger partial charge in [0.15, 0.2) is 5.70 Å². The van der Waals surface area contributed by atoms with Gasteiger partial charge in [-0.05, 0) is 24.1 Å². The lowest BCUT2D eigenvalue weighted by Gasteiger charge is -2.03. The normalized spacial score (nSPS) is 12.2. The molecule has 2 aromatic carbocycles. The van der Waals surface area contributed by atoms with Crippen LogP contribution in [0.15, 0.2) is 82.3 Å². The van der Waals surface area contributed by atoms with Crippen LogP contribution in [0.4, 0.5) is 5.69 Å². The zero-order valence-electron chi connectivity index (χ0n) is 12.0. The summed E-state index contributed by atoms with van der Waals surface area (Å²) >= 11 is 0. The molecule has 0 atom stereocenters. The molecule has 2 rings (SSSR count). The molecule has 2 aromatic rings. The molecule has 0 fully saturated rings. The zero-order chi connectivity index (χ0) is 15.8. The van der Waals surface area contributed by atoms with Crippen LogP contribution in [0, 0.1) is 0 Å². The second-order valence-electron chi connectivity index (χ2n) is 4.68. The number of aliphatic hydroxyl groups excluding tert-OH is 1. The second kappa shape index (κ2) is 7.73. The number of hydrogen-bond donors (Lipinski definition) is 2. The molecular weight excluding hydrogens is 278 g/mol. The minimum atomic E-state index is -0.801. The maximum Gasteiger partial charge on any atom is 0.272 e. The lowest BCUT2D eigenvalue weighted by Crippen LogP contribution is -2.14. The fraction of sp³-hybridized carbons (Fsp3) is 0.118. The fourth-order valence-corrected chi connectivity index (χ4v) is 1.88. The molecule has 5 heteroatoms. The lowest BCUT2D eigenvalue weighted by molar-refractivity contribution is -0.114. The molecule has 22 heavy (non-hydrogen) atoms. The van der Waals surface area contributed by atoms with Crippen LogP contribution in [-0.4, -0.2) is 11.0 Å². The van der Waals surface area contributed by atoms with E-state index >= 15 is 0 Å². The number of hydrogen-bond acceptors (Lipinski definition) is 4. The highest BCUT2D eigenvalue weighted by atomic mass is 16.3. The van der Waals surface area contributed by atoms with Gasteiger partial charge < -0.3 is 10.8 Å². The van der Waals surface area contributed by atoms with Crippen LogP contribution in [-0.2, 0) is 11.2 Å². The second-order valence-corrected chi connectivity index (χ2v) is 4.68. The molecule has 3 N–H and O–H groups in total. The maximum atomic E-state index is 11.4. The van der Waals surface area contributed by atoms with Crippen molar-refractivity contribution in [3.63, 3.8) is 0 Å². The van der Waals surface area contributed by atoms with Crippen molar-refractivity contribution in [3.8, 4) is 0 Å². The third-order valence-electron chi connectivity index (χ3n) is 3.02. The predicted molar refractivity (Wildman–Crippen MR) is 84.6 cm³/mol. The van der Waals surface area contributed by atoms with Crippen LogP contribution in [0.25, 0.3) is 0 Å². The van der Waals surface area contributed by atoms with E-state index in [0.29, 0.717) is 12.1 Å². The Morgan fingerprint density at radius 1 is 1.00 bits per heavy atom. The van der Waals surface area contributed by atoms with Crippen molar-refractivity contribution in [2.45, 2.75) is 12.8 Å². The number of amides is 1. The van der Waals surface area contributed by atoms with Crippen molar-refractivity contribution >= 4 is 11.6 Å². The van der Waals surface area contributed by atoms with Gasteiger partial charge in [0.05, 0.1) is 5.69 Å². The van der Waals surface area contributed by atoms with Gasteiger partial charge in [-0.2, -0.15) is 5.11 Å². The van der Waals surface area contributed by atoms with Gasteiger partial charge in [0.2, 0.25) is 0 Å². The smallest absolute Gasteiger partial charge is 0.272 e. The Kier molecular flexibility index (Phi) is 5.43. The number of aryl methyl sites for hydroxylation is 1. The van der Waals surface area contributed by atoms with Crippen molar-refractivity contribution in [1.82, 2.24) is 0 Å². The summed E-state index contributed by atoms with van der Waals surface area (Å²) in [7, 11) is 0. The van der Waals surface area contributed by atoms with E-state index in [-0.39, 0.29) is 17.9 Å². The first kappa shape index (κ1) is 15.4. The number of rotatable bonds is 6. The molecule has 0 saturated carbocycles. The summed E-state index contributed by atoms with van der Waals surface area (Å²) in [6.45, 7) is 0. The molecule has 0 aromatic heterocycles. The van der Waals surface area contributed by atoms with Crippen molar-refractivity contribution in [3.05, 3.63) is 77.7 Å². The number of primary amides is 1. The van der Waals surface area contributed by atoms with Crippen molar-refractivity contribution in [2.75, 3.05) is 0 Å². The average Bonchev–Trinajstić information content (AvgIpc) is 2.55. The summed E-state index contributed by atoms with van der Waals surface area (Å²) in [4.78, 5) is 11.4. The highest BCUT2D eigenvalue weighted by Gasteiger charge is 2.11. The van der Waals surface area contributed by atoms with E-state index in [1.165, 1.54) is 0 Å². The molecule has 112 valence electrons.